The molecule has 2 amide bonds. The molecule has 1 aromatic carbocycles. The number of pyridine rings is 1. The summed E-state index contributed by atoms with van der Waals surface area (Å²) in [6, 6.07) is 10.0. The molecule has 2 heterocycles. The highest BCUT2D eigenvalue weighted by Crippen LogP contribution is 2.16. The van der Waals surface area contributed by atoms with Crippen LogP contribution in [0.1, 0.15) is 5.56 Å². The zero-order valence-corrected chi connectivity index (χ0v) is 11.0. The molecule has 3 rings (SSSR count). The van der Waals surface area contributed by atoms with Crippen molar-refractivity contribution >= 4 is 22.7 Å². The van der Waals surface area contributed by atoms with Crippen LogP contribution < -0.4 is 5.32 Å². The number of fused-ring (bicyclic) bond motifs is 1. The third kappa shape index (κ3) is 2.67. The molecular formula is C15H15N3O2. The van der Waals surface area contributed by atoms with Gasteiger partial charge in [0.15, 0.2) is 0 Å². The second-order valence-corrected chi connectivity index (χ2v) is 4.92. The van der Waals surface area contributed by atoms with Gasteiger partial charge in [0, 0.05) is 18.1 Å². The Balaban J connectivity index is 1.74. The molecule has 0 spiro atoms. The minimum Gasteiger partial charge on any atom is -0.294 e. The summed E-state index contributed by atoms with van der Waals surface area (Å²) in [6.45, 7) is 1.24. The Hall–Kier alpha value is -2.27. The van der Waals surface area contributed by atoms with Crippen LogP contribution in [0.4, 0.5) is 0 Å². The van der Waals surface area contributed by atoms with Crippen molar-refractivity contribution in [2.45, 2.75) is 6.42 Å². The predicted octanol–water partition coefficient (Wildman–Crippen LogP) is 0.736. The van der Waals surface area contributed by atoms with Gasteiger partial charge in [0.25, 0.3) is 0 Å². The van der Waals surface area contributed by atoms with Crippen molar-refractivity contribution in [2.24, 2.45) is 0 Å². The number of para-hydroxylation sites is 1. The molecule has 1 fully saturated rings. The lowest BCUT2D eigenvalue weighted by Crippen LogP contribution is -2.51. The fourth-order valence-corrected chi connectivity index (χ4v) is 2.50. The number of carbonyl (C=O) groups is 2. The summed E-state index contributed by atoms with van der Waals surface area (Å²) in [7, 11) is 0. The summed E-state index contributed by atoms with van der Waals surface area (Å²) in [6.07, 6.45) is 2.55. The van der Waals surface area contributed by atoms with Crippen molar-refractivity contribution < 1.29 is 9.59 Å². The Morgan fingerprint density at radius 2 is 1.85 bits per heavy atom. The van der Waals surface area contributed by atoms with E-state index in [0.717, 1.165) is 22.9 Å². The molecule has 5 nitrogen and oxygen atoms in total. The van der Waals surface area contributed by atoms with E-state index in [1.807, 2.05) is 35.2 Å². The Morgan fingerprint density at radius 3 is 2.65 bits per heavy atom. The molecule has 5 heteroatoms. The molecule has 1 N–H and O–H groups in total. The third-order valence-corrected chi connectivity index (χ3v) is 3.43. The minimum atomic E-state index is -0.225. The van der Waals surface area contributed by atoms with Gasteiger partial charge >= 0.3 is 0 Å². The summed E-state index contributed by atoms with van der Waals surface area (Å²) in [5.41, 5.74) is 2.13. The maximum absolute atomic E-state index is 11.3. The van der Waals surface area contributed by atoms with Crippen molar-refractivity contribution in [1.82, 2.24) is 15.2 Å². The molecule has 102 valence electrons. The molecule has 0 unspecified atom stereocenters. The summed E-state index contributed by atoms with van der Waals surface area (Å²) in [4.78, 5) is 28.9. The zero-order valence-electron chi connectivity index (χ0n) is 11.0. The van der Waals surface area contributed by atoms with Crippen LogP contribution in [-0.2, 0) is 16.0 Å². The zero-order chi connectivity index (χ0) is 13.9. The average molecular weight is 269 g/mol. The van der Waals surface area contributed by atoms with Gasteiger partial charge in [-0.1, -0.05) is 24.3 Å². The van der Waals surface area contributed by atoms with Crippen molar-refractivity contribution in [3.05, 3.63) is 42.1 Å². The second kappa shape index (κ2) is 5.38. The number of carbonyl (C=O) groups excluding carboxylic acids is 2. The van der Waals surface area contributed by atoms with Crippen LogP contribution in [0.15, 0.2) is 36.5 Å². The van der Waals surface area contributed by atoms with Gasteiger partial charge in [-0.3, -0.25) is 24.8 Å². The topological polar surface area (TPSA) is 62.3 Å². The number of rotatable bonds is 3. The third-order valence-electron chi connectivity index (χ3n) is 3.43. The van der Waals surface area contributed by atoms with Gasteiger partial charge in [-0.2, -0.15) is 0 Å². The summed E-state index contributed by atoms with van der Waals surface area (Å²) in [5, 5.41) is 3.41. The Bertz CT molecular complexity index is 648. The molecule has 0 radical (unpaired) electrons. The maximum Gasteiger partial charge on any atom is 0.240 e. The van der Waals surface area contributed by atoms with E-state index in [-0.39, 0.29) is 24.9 Å². The Labute approximate surface area is 116 Å². The van der Waals surface area contributed by atoms with Crippen molar-refractivity contribution in [3.63, 3.8) is 0 Å². The second-order valence-electron chi connectivity index (χ2n) is 4.92. The number of imide groups is 1. The maximum atomic E-state index is 11.3. The first-order chi connectivity index (χ1) is 9.72. The predicted molar refractivity (Wildman–Crippen MR) is 75.0 cm³/mol. The van der Waals surface area contributed by atoms with Gasteiger partial charge in [-0.15, -0.1) is 0 Å². The normalized spacial score (nSPS) is 16.4. The molecule has 1 aromatic heterocycles. The van der Waals surface area contributed by atoms with E-state index in [1.165, 1.54) is 0 Å². The highest BCUT2D eigenvalue weighted by Gasteiger charge is 2.21. The van der Waals surface area contributed by atoms with Crippen molar-refractivity contribution in [3.8, 4) is 0 Å². The largest absolute Gasteiger partial charge is 0.294 e. The minimum absolute atomic E-state index is 0.225. The van der Waals surface area contributed by atoms with E-state index in [2.05, 4.69) is 10.3 Å². The van der Waals surface area contributed by atoms with Gasteiger partial charge in [0.1, 0.15) is 0 Å². The summed E-state index contributed by atoms with van der Waals surface area (Å²) < 4.78 is 0. The molecule has 0 bridgehead atoms. The summed E-state index contributed by atoms with van der Waals surface area (Å²) >= 11 is 0. The van der Waals surface area contributed by atoms with E-state index in [9.17, 15) is 9.59 Å². The van der Waals surface area contributed by atoms with E-state index >= 15 is 0 Å². The molecule has 1 aliphatic rings. The van der Waals surface area contributed by atoms with E-state index in [1.54, 1.807) is 6.20 Å². The number of amides is 2. The number of piperazine rings is 1. The number of nitrogens with one attached hydrogen (secondary N) is 1. The molecular weight excluding hydrogens is 254 g/mol. The summed E-state index contributed by atoms with van der Waals surface area (Å²) in [5.74, 6) is -0.449. The van der Waals surface area contributed by atoms with Crippen LogP contribution in [0.5, 0.6) is 0 Å². The van der Waals surface area contributed by atoms with Crippen LogP contribution >= 0.6 is 0 Å². The van der Waals surface area contributed by atoms with Gasteiger partial charge in [-0.05, 0) is 18.1 Å². The smallest absolute Gasteiger partial charge is 0.240 e. The fraction of sp³-hybridized carbons (Fsp3) is 0.267. The lowest BCUT2D eigenvalue weighted by atomic mass is 10.1. The molecule has 0 aliphatic carbocycles. The number of aromatic nitrogens is 1. The highest BCUT2D eigenvalue weighted by atomic mass is 16.2. The van der Waals surface area contributed by atoms with Crippen molar-refractivity contribution in [1.29, 1.82) is 0 Å². The van der Waals surface area contributed by atoms with Crippen LogP contribution in [0.3, 0.4) is 0 Å². The number of hydrogen-bond donors (Lipinski definition) is 1. The SMILES string of the molecule is O=C1CN(CCc2cccc3cccnc23)CC(=O)N1. The molecule has 1 saturated heterocycles. The molecule has 20 heavy (non-hydrogen) atoms. The van der Waals surface area contributed by atoms with Gasteiger partial charge in [0.2, 0.25) is 11.8 Å². The molecule has 2 aromatic rings. The van der Waals surface area contributed by atoms with Crippen LogP contribution in [0.25, 0.3) is 10.9 Å². The van der Waals surface area contributed by atoms with Crippen molar-refractivity contribution in [2.75, 3.05) is 19.6 Å². The number of hydrogen-bond acceptors (Lipinski definition) is 4. The quantitative estimate of drug-likeness (QED) is 0.835. The monoisotopic (exact) mass is 269 g/mol. The van der Waals surface area contributed by atoms with Crippen LogP contribution in [0, 0.1) is 0 Å². The van der Waals surface area contributed by atoms with Crippen LogP contribution in [-0.4, -0.2) is 41.3 Å². The van der Waals surface area contributed by atoms with Gasteiger partial charge in [-0.25, -0.2) is 0 Å². The number of benzene rings is 1. The van der Waals surface area contributed by atoms with E-state index < -0.39 is 0 Å². The standard InChI is InChI=1S/C15H15N3O2/c19-13-9-18(10-14(20)17-13)8-6-12-4-1-3-11-5-2-7-16-15(11)12/h1-5,7H,6,8-10H2,(H,17,19,20). The molecule has 0 atom stereocenters. The van der Waals surface area contributed by atoms with Gasteiger partial charge < -0.3 is 0 Å². The number of nitrogens with zero attached hydrogens (tertiary/aromatic N) is 2. The van der Waals surface area contributed by atoms with Gasteiger partial charge in [0.05, 0.1) is 18.6 Å². The fourth-order valence-electron chi connectivity index (χ4n) is 2.50. The molecule has 1 aliphatic heterocycles. The molecule has 0 saturated carbocycles. The lowest BCUT2D eigenvalue weighted by Gasteiger charge is -2.25. The first-order valence-corrected chi connectivity index (χ1v) is 6.60. The average Bonchev–Trinajstić information content (AvgIpc) is 2.44. The van der Waals surface area contributed by atoms with Crippen LogP contribution in [0.2, 0.25) is 0 Å². The highest BCUT2D eigenvalue weighted by molar-refractivity contribution is 5.99. The van der Waals surface area contributed by atoms with E-state index in [0.29, 0.717) is 6.54 Å². The first-order valence-electron chi connectivity index (χ1n) is 6.60. The van der Waals surface area contributed by atoms with E-state index in [4.69, 9.17) is 0 Å². The first kappa shape index (κ1) is 12.7. The Morgan fingerprint density at radius 1 is 1.10 bits per heavy atom. The lowest BCUT2D eigenvalue weighted by molar-refractivity contribution is -0.135. The Kier molecular flexibility index (Phi) is 3.43.